The number of nitrogens with one attached hydrogen (secondary N) is 1. The van der Waals surface area contributed by atoms with Gasteiger partial charge in [0.2, 0.25) is 0 Å². The fourth-order valence-electron chi connectivity index (χ4n) is 3.21. The fourth-order valence-corrected chi connectivity index (χ4v) is 3.21. The van der Waals surface area contributed by atoms with Gasteiger partial charge in [0.15, 0.2) is 0 Å². The second-order valence-electron chi connectivity index (χ2n) is 4.41. The Kier molecular flexibility index (Phi) is 1.36. The molecule has 0 bridgehead atoms. The van der Waals surface area contributed by atoms with Crippen molar-refractivity contribution in [2.45, 2.75) is 12.5 Å². The Morgan fingerprint density at radius 3 is 3.14 bits per heavy atom. The molecule has 0 radical (unpaired) electrons. The number of allylic oxidation sites excluding steroid dienone is 1. The minimum Gasteiger partial charge on any atom is -0.364 e. The standard InChI is InChI=1S/C10H13N3O/c1-2-4-5-3-6-8(7(4)5)12-13-9(6)10(11)14/h2,4-8,12H,1,3H2,(H2,11,14)/t4-,5-,6?,7+,8?/m0/s1. The molecule has 0 saturated heterocycles. The summed E-state index contributed by atoms with van der Waals surface area (Å²) in [7, 11) is 0. The fraction of sp³-hybridized carbons (Fsp3) is 0.600. The molecule has 4 nitrogen and oxygen atoms in total. The molecule has 0 aromatic rings. The highest BCUT2D eigenvalue weighted by Gasteiger charge is 2.63. The molecule has 1 aliphatic heterocycles. The molecule has 2 fully saturated rings. The zero-order chi connectivity index (χ0) is 9.87. The van der Waals surface area contributed by atoms with Crippen LogP contribution in [0, 0.1) is 23.7 Å². The molecule has 3 aliphatic rings. The Morgan fingerprint density at radius 2 is 2.50 bits per heavy atom. The van der Waals surface area contributed by atoms with Crippen molar-refractivity contribution in [3.8, 4) is 0 Å². The van der Waals surface area contributed by atoms with Crippen LogP contribution in [0.1, 0.15) is 6.42 Å². The van der Waals surface area contributed by atoms with Gasteiger partial charge in [-0.25, -0.2) is 0 Å². The van der Waals surface area contributed by atoms with Crippen molar-refractivity contribution >= 4 is 11.6 Å². The number of nitrogens with two attached hydrogens (primary N) is 1. The lowest BCUT2D eigenvalue weighted by Gasteiger charge is -2.14. The Balaban J connectivity index is 1.80. The maximum Gasteiger partial charge on any atom is 0.265 e. The number of carbonyl (C=O) groups is 1. The minimum atomic E-state index is -0.374. The maximum atomic E-state index is 11.0. The molecule has 3 rings (SSSR count). The van der Waals surface area contributed by atoms with Gasteiger partial charge >= 0.3 is 0 Å². The van der Waals surface area contributed by atoms with Crippen LogP contribution in [0.3, 0.4) is 0 Å². The van der Waals surface area contributed by atoms with Crippen molar-refractivity contribution in [1.29, 1.82) is 0 Å². The van der Waals surface area contributed by atoms with E-state index in [1.54, 1.807) is 0 Å². The highest BCUT2D eigenvalue weighted by atomic mass is 16.1. The van der Waals surface area contributed by atoms with Crippen LogP contribution in [0.5, 0.6) is 0 Å². The first-order valence-corrected chi connectivity index (χ1v) is 4.99. The predicted molar refractivity (Wildman–Crippen MR) is 52.3 cm³/mol. The highest BCUT2D eigenvalue weighted by molar-refractivity contribution is 6.39. The Labute approximate surface area is 82.2 Å². The molecule has 0 aromatic heterocycles. The molecular formula is C10H13N3O. The number of hydrazone groups is 1. The first-order chi connectivity index (χ1) is 6.74. The van der Waals surface area contributed by atoms with Gasteiger partial charge < -0.3 is 11.2 Å². The SMILES string of the molecule is C=C[C@H]1[C@@H]2CC3C(C(N)=O)=NNC3[C@H]12. The summed E-state index contributed by atoms with van der Waals surface area (Å²) in [6, 6.07) is 0.338. The number of fused-ring (bicyclic) bond motifs is 3. The number of hydrogen-bond donors (Lipinski definition) is 2. The molecule has 2 unspecified atom stereocenters. The van der Waals surface area contributed by atoms with Crippen molar-refractivity contribution in [2.24, 2.45) is 34.5 Å². The summed E-state index contributed by atoms with van der Waals surface area (Å²) in [4.78, 5) is 11.0. The number of primary amides is 1. The minimum absolute atomic E-state index is 0.263. The lowest BCUT2D eigenvalue weighted by Crippen LogP contribution is -2.34. The predicted octanol–water partition coefficient (Wildman–Crippen LogP) is -0.132. The second kappa shape index (κ2) is 2.38. The normalized spacial score (nSPS) is 47.4. The molecule has 74 valence electrons. The van der Waals surface area contributed by atoms with Gasteiger partial charge in [-0.05, 0) is 24.2 Å². The Morgan fingerprint density at radius 1 is 1.71 bits per heavy atom. The third kappa shape index (κ3) is 0.786. The largest absolute Gasteiger partial charge is 0.364 e. The second-order valence-corrected chi connectivity index (χ2v) is 4.41. The van der Waals surface area contributed by atoms with Crippen molar-refractivity contribution in [3.05, 3.63) is 12.7 Å². The highest BCUT2D eigenvalue weighted by Crippen LogP contribution is 2.61. The zero-order valence-corrected chi connectivity index (χ0v) is 7.81. The molecular weight excluding hydrogens is 178 g/mol. The van der Waals surface area contributed by atoms with E-state index in [-0.39, 0.29) is 11.8 Å². The molecule has 2 saturated carbocycles. The summed E-state index contributed by atoms with van der Waals surface area (Å²) in [6.45, 7) is 3.82. The van der Waals surface area contributed by atoms with Crippen molar-refractivity contribution in [3.63, 3.8) is 0 Å². The topological polar surface area (TPSA) is 67.5 Å². The van der Waals surface area contributed by atoms with Crippen LogP contribution in [0.4, 0.5) is 0 Å². The summed E-state index contributed by atoms with van der Waals surface area (Å²) in [5, 5.41) is 4.02. The van der Waals surface area contributed by atoms with Crippen LogP contribution in [-0.4, -0.2) is 17.7 Å². The van der Waals surface area contributed by atoms with Crippen molar-refractivity contribution < 1.29 is 4.79 Å². The quantitative estimate of drug-likeness (QED) is 0.597. The van der Waals surface area contributed by atoms with E-state index < -0.39 is 0 Å². The van der Waals surface area contributed by atoms with Gasteiger partial charge in [0.25, 0.3) is 5.91 Å². The number of carbonyl (C=O) groups excluding carboxylic acids is 1. The van der Waals surface area contributed by atoms with Crippen LogP contribution >= 0.6 is 0 Å². The van der Waals surface area contributed by atoms with Crippen LogP contribution in [-0.2, 0) is 4.79 Å². The van der Waals surface area contributed by atoms with Gasteiger partial charge in [-0.2, -0.15) is 5.10 Å². The van der Waals surface area contributed by atoms with Crippen molar-refractivity contribution in [2.75, 3.05) is 0 Å². The molecule has 0 aromatic carbocycles. The average molecular weight is 191 g/mol. The lowest BCUT2D eigenvalue weighted by molar-refractivity contribution is -0.112. The lowest BCUT2D eigenvalue weighted by atomic mass is 9.92. The van der Waals surface area contributed by atoms with E-state index in [0.29, 0.717) is 29.5 Å². The number of hydrogen-bond acceptors (Lipinski definition) is 3. The number of rotatable bonds is 2. The van der Waals surface area contributed by atoms with E-state index in [2.05, 4.69) is 17.1 Å². The van der Waals surface area contributed by atoms with Gasteiger partial charge in [-0.15, -0.1) is 6.58 Å². The molecule has 5 atom stereocenters. The van der Waals surface area contributed by atoms with E-state index in [4.69, 9.17) is 5.73 Å². The molecule has 4 heteroatoms. The van der Waals surface area contributed by atoms with Crippen LogP contribution < -0.4 is 11.2 Å². The third-order valence-corrected chi connectivity index (χ3v) is 3.88. The van der Waals surface area contributed by atoms with E-state index in [0.717, 1.165) is 6.42 Å². The summed E-state index contributed by atoms with van der Waals surface area (Å²) < 4.78 is 0. The maximum absolute atomic E-state index is 11.0. The average Bonchev–Trinajstić information content (AvgIpc) is 2.55. The Hall–Kier alpha value is -1.32. The van der Waals surface area contributed by atoms with Crippen LogP contribution in [0.15, 0.2) is 17.8 Å². The molecule has 1 heterocycles. The van der Waals surface area contributed by atoms with Gasteiger partial charge in [0.1, 0.15) is 5.71 Å². The smallest absolute Gasteiger partial charge is 0.265 e. The summed E-state index contributed by atoms with van der Waals surface area (Å²) in [6.07, 6.45) is 3.07. The van der Waals surface area contributed by atoms with Crippen LogP contribution in [0.25, 0.3) is 0 Å². The van der Waals surface area contributed by atoms with Gasteiger partial charge in [-0.3, -0.25) is 4.79 Å². The molecule has 3 N–H and O–H groups in total. The zero-order valence-electron chi connectivity index (χ0n) is 7.81. The molecule has 14 heavy (non-hydrogen) atoms. The van der Waals surface area contributed by atoms with E-state index in [9.17, 15) is 4.79 Å². The van der Waals surface area contributed by atoms with Crippen LogP contribution in [0.2, 0.25) is 0 Å². The molecule has 1 amide bonds. The summed E-state index contributed by atoms with van der Waals surface area (Å²) in [5.74, 6) is 1.87. The van der Waals surface area contributed by atoms with E-state index in [1.165, 1.54) is 0 Å². The monoisotopic (exact) mass is 191 g/mol. The summed E-state index contributed by atoms with van der Waals surface area (Å²) >= 11 is 0. The van der Waals surface area contributed by atoms with Crippen molar-refractivity contribution in [1.82, 2.24) is 5.43 Å². The number of amides is 1. The van der Waals surface area contributed by atoms with E-state index in [1.807, 2.05) is 6.08 Å². The molecule has 2 aliphatic carbocycles. The first kappa shape index (κ1) is 8.03. The van der Waals surface area contributed by atoms with Gasteiger partial charge in [0.05, 0.1) is 6.04 Å². The first-order valence-electron chi connectivity index (χ1n) is 4.99. The molecule has 0 spiro atoms. The van der Waals surface area contributed by atoms with E-state index >= 15 is 0 Å². The van der Waals surface area contributed by atoms with Gasteiger partial charge in [-0.1, -0.05) is 6.08 Å². The Bertz CT molecular complexity index is 349. The third-order valence-electron chi connectivity index (χ3n) is 3.88. The summed E-state index contributed by atoms with van der Waals surface area (Å²) in [5.41, 5.74) is 8.84. The van der Waals surface area contributed by atoms with Gasteiger partial charge in [0, 0.05) is 5.92 Å². The number of nitrogens with zero attached hydrogens (tertiary/aromatic N) is 1.